The van der Waals surface area contributed by atoms with Gasteiger partial charge in [0.1, 0.15) is 23.0 Å². The number of phenolic OH excluding ortho intramolecular Hbond substituents is 4. The maximum atomic E-state index is 11.0. The highest BCUT2D eigenvalue weighted by Crippen LogP contribution is 2.58. The smallest absolute Gasteiger partial charge is 0.119 e. The normalized spacial score (nSPS) is 24.6. The van der Waals surface area contributed by atoms with Gasteiger partial charge in [-0.2, -0.15) is 0 Å². The molecule has 2 aliphatic rings. The molecule has 0 spiro atoms. The summed E-state index contributed by atoms with van der Waals surface area (Å²) in [6, 6.07) is 25.6. The van der Waals surface area contributed by atoms with Gasteiger partial charge in [-0.25, -0.2) is 0 Å². The molecular formula is C55H76O4. The molecule has 0 amide bonds. The highest BCUT2D eigenvalue weighted by atomic mass is 16.3. The van der Waals surface area contributed by atoms with Crippen LogP contribution < -0.4 is 0 Å². The number of benzene rings is 4. The SMILES string of the molecule is CCC(C)c1cc(C2(c3ccc(O)c(C(C)CC)c3)CCC(C(C)(C)C3CCC(c4ccc(O)c(C(C)CC)c4)(c4ccc(O)c(C(C)CC)c4)CC3)CC2)ccc1O. The van der Waals surface area contributed by atoms with E-state index in [0.29, 0.717) is 34.8 Å². The van der Waals surface area contributed by atoms with Crippen LogP contribution in [0.3, 0.4) is 0 Å². The van der Waals surface area contributed by atoms with Crippen LogP contribution in [0.2, 0.25) is 0 Å². The van der Waals surface area contributed by atoms with Crippen LogP contribution in [0.15, 0.2) is 72.8 Å². The van der Waals surface area contributed by atoms with E-state index in [-0.39, 0.29) is 39.9 Å². The van der Waals surface area contributed by atoms with Crippen LogP contribution in [0.4, 0.5) is 0 Å². The predicted molar refractivity (Wildman–Crippen MR) is 247 cm³/mol. The van der Waals surface area contributed by atoms with E-state index in [1.807, 2.05) is 24.3 Å². The Balaban J connectivity index is 1.33. The first-order chi connectivity index (χ1) is 28.1. The van der Waals surface area contributed by atoms with Crippen molar-refractivity contribution in [2.45, 2.75) is 181 Å². The molecular weight excluding hydrogens is 725 g/mol. The number of aromatic hydroxyl groups is 4. The second kappa shape index (κ2) is 18.0. The van der Waals surface area contributed by atoms with Gasteiger partial charge in [0, 0.05) is 10.8 Å². The van der Waals surface area contributed by atoms with Gasteiger partial charge in [0.05, 0.1) is 0 Å². The van der Waals surface area contributed by atoms with E-state index in [4.69, 9.17) is 0 Å². The lowest BCUT2D eigenvalue weighted by Gasteiger charge is -2.52. The first kappa shape index (κ1) is 44.6. The minimum Gasteiger partial charge on any atom is -0.508 e. The van der Waals surface area contributed by atoms with E-state index in [1.54, 1.807) is 0 Å². The van der Waals surface area contributed by atoms with Crippen molar-refractivity contribution in [3.8, 4) is 23.0 Å². The van der Waals surface area contributed by atoms with E-state index in [0.717, 1.165) is 99.3 Å². The Labute approximate surface area is 357 Å². The fourth-order valence-electron chi connectivity index (χ4n) is 11.4. The van der Waals surface area contributed by atoms with Crippen molar-refractivity contribution in [1.82, 2.24) is 0 Å². The van der Waals surface area contributed by atoms with Crippen molar-refractivity contribution >= 4 is 0 Å². The number of phenols is 4. The molecule has 4 atom stereocenters. The van der Waals surface area contributed by atoms with Crippen LogP contribution in [-0.2, 0) is 10.8 Å². The Morgan fingerprint density at radius 2 is 0.661 bits per heavy atom. The van der Waals surface area contributed by atoms with Crippen LogP contribution >= 0.6 is 0 Å². The van der Waals surface area contributed by atoms with Crippen LogP contribution in [0, 0.1) is 17.3 Å². The Bertz CT molecular complexity index is 1770. The van der Waals surface area contributed by atoms with Crippen LogP contribution in [0.25, 0.3) is 0 Å². The molecule has 4 aromatic carbocycles. The molecule has 0 bridgehead atoms. The van der Waals surface area contributed by atoms with E-state index in [2.05, 4.69) is 118 Å². The molecule has 2 fully saturated rings. The van der Waals surface area contributed by atoms with E-state index >= 15 is 0 Å². The number of hydrogen-bond donors (Lipinski definition) is 4. The predicted octanol–water partition coefficient (Wildman–Crippen LogP) is 15.2. The Morgan fingerprint density at radius 1 is 0.441 bits per heavy atom. The molecule has 0 saturated heterocycles. The minimum absolute atomic E-state index is 0.139. The van der Waals surface area contributed by atoms with E-state index in [9.17, 15) is 20.4 Å². The van der Waals surface area contributed by atoms with Gasteiger partial charge in [-0.05, 0) is 187 Å². The molecule has 0 aromatic heterocycles. The first-order valence-corrected chi connectivity index (χ1v) is 23.4. The Kier molecular flexibility index (Phi) is 13.6. The average Bonchev–Trinajstić information content (AvgIpc) is 3.25. The summed E-state index contributed by atoms with van der Waals surface area (Å²) in [6.07, 6.45) is 12.5. The van der Waals surface area contributed by atoms with Gasteiger partial charge < -0.3 is 20.4 Å². The van der Waals surface area contributed by atoms with E-state index < -0.39 is 0 Å². The molecule has 4 aromatic rings. The van der Waals surface area contributed by atoms with Gasteiger partial charge in [0.2, 0.25) is 0 Å². The molecule has 2 saturated carbocycles. The molecule has 320 valence electrons. The molecule has 0 aliphatic heterocycles. The van der Waals surface area contributed by atoms with Crippen LogP contribution in [0.5, 0.6) is 23.0 Å². The quantitative estimate of drug-likeness (QED) is 0.102. The van der Waals surface area contributed by atoms with Gasteiger partial charge in [0.25, 0.3) is 0 Å². The van der Waals surface area contributed by atoms with Crippen molar-refractivity contribution in [1.29, 1.82) is 0 Å². The zero-order chi connectivity index (χ0) is 42.9. The number of rotatable bonds is 14. The topological polar surface area (TPSA) is 80.9 Å². The molecule has 4 N–H and O–H groups in total. The maximum absolute atomic E-state index is 11.0. The molecule has 2 aliphatic carbocycles. The second-order valence-electron chi connectivity index (χ2n) is 19.9. The van der Waals surface area contributed by atoms with Gasteiger partial charge >= 0.3 is 0 Å². The molecule has 4 heteroatoms. The highest BCUT2D eigenvalue weighted by Gasteiger charge is 2.48. The summed E-state index contributed by atoms with van der Waals surface area (Å²) in [6.45, 7) is 22.7. The largest absolute Gasteiger partial charge is 0.508 e. The summed E-state index contributed by atoms with van der Waals surface area (Å²) in [4.78, 5) is 0. The standard InChI is InChI=1S/C55H76O4/c1-11-35(5)45-31-41(15-19-49(45)56)54(42-16-20-50(57)46(32-42)36(6)12-2)27-23-39(24-28-54)53(9,10)40-25-29-55(30-26-40,43-17-21-51(58)47(33-43)37(7)13-3)44-18-22-52(59)48(34-44)38(8)14-4/h15-22,31-40,56-59H,11-14,23-30H2,1-10H3. The van der Waals surface area contributed by atoms with Crippen molar-refractivity contribution in [3.63, 3.8) is 0 Å². The lowest BCUT2D eigenvalue weighted by atomic mass is 9.53. The second-order valence-corrected chi connectivity index (χ2v) is 19.9. The lowest BCUT2D eigenvalue weighted by Crippen LogP contribution is -2.43. The third-order valence-corrected chi connectivity index (χ3v) is 16.7. The zero-order valence-corrected chi connectivity index (χ0v) is 38.2. The molecule has 4 nitrogen and oxygen atoms in total. The molecule has 6 rings (SSSR count). The van der Waals surface area contributed by atoms with Crippen molar-refractivity contribution in [2.24, 2.45) is 17.3 Å². The highest BCUT2D eigenvalue weighted by molar-refractivity contribution is 5.52. The Morgan fingerprint density at radius 3 is 0.864 bits per heavy atom. The zero-order valence-electron chi connectivity index (χ0n) is 38.2. The fraction of sp³-hybridized carbons (Fsp3) is 0.564. The summed E-state index contributed by atoms with van der Waals surface area (Å²) in [5, 5.41) is 44.1. The van der Waals surface area contributed by atoms with Crippen LogP contribution in [0.1, 0.15) is 214 Å². The van der Waals surface area contributed by atoms with Gasteiger partial charge in [-0.15, -0.1) is 0 Å². The van der Waals surface area contributed by atoms with E-state index in [1.165, 1.54) is 22.3 Å². The lowest BCUT2D eigenvalue weighted by molar-refractivity contribution is 0.0364. The molecule has 0 heterocycles. The monoisotopic (exact) mass is 801 g/mol. The summed E-state index contributed by atoms with van der Waals surface area (Å²) in [7, 11) is 0. The third kappa shape index (κ3) is 8.41. The summed E-state index contributed by atoms with van der Waals surface area (Å²) in [5.74, 6) is 3.76. The minimum atomic E-state index is -0.196. The van der Waals surface area contributed by atoms with Gasteiger partial charge in [-0.3, -0.25) is 0 Å². The van der Waals surface area contributed by atoms with Gasteiger partial charge in [0.15, 0.2) is 0 Å². The molecule has 59 heavy (non-hydrogen) atoms. The molecule has 4 unspecified atom stereocenters. The summed E-state index contributed by atoms with van der Waals surface area (Å²) in [5.41, 5.74) is 9.06. The first-order valence-electron chi connectivity index (χ1n) is 23.4. The Hall–Kier alpha value is -3.92. The maximum Gasteiger partial charge on any atom is 0.119 e. The summed E-state index contributed by atoms with van der Waals surface area (Å²) < 4.78 is 0. The van der Waals surface area contributed by atoms with Crippen molar-refractivity contribution in [3.05, 3.63) is 117 Å². The fourth-order valence-corrected chi connectivity index (χ4v) is 11.4. The van der Waals surface area contributed by atoms with Crippen LogP contribution in [-0.4, -0.2) is 20.4 Å². The molecule has 0 radical (unpaired) electrons. The van der Waals surface area contributed by atoms with Crippen molar-refractivity contribution in [2.75, 3.05) is 0 Å². The van der Waals surface area contributed by atoms with Crippen molar-refractivity contribution < 1.29 is 20.4 Å². The number of hydrogen-bond acceptors (Lipinski definition) is 4. The summed E-state index contributed by atoms with van der Waals surface area (Å²) >= 11 is 0. The average molecular weight is 801 g/mol. The van der Waals surface area contributed by atoms with Gasteiger partial charge in [-0.1, -0.05) is 118 Å². The third-order valence-electron chi connectivity index (χ3n) is 16.7.